The molecular weight excluding hydrogens is 331 g/mol. The Morgan fingerprint density at radius 3 is 2.35 bits per heavy atom. The number of nitrogens with zero attached hydrogens (tertiary/aromatic N) is 2. The SMILES string of the molecule is Cc1nc(=O)c(-c2ccccc2)c(C)n1-c1ccc(Cl)cc1Cl. The molecule has 0 fully saturated rings. The minimum atomic E-state index is -0.243. The van der Waals surface area contributed by atoms with Gasteiger partial charge in [0.25, 0.3) is 5.56 Å². The highest BCUT2D eigenvalue weighted by Gasteiger charge is 2.16. The van der Waals surface area contributed by atoms with Crippen LogP contribution in [0.5, 0.6) is 0 Å². The van der Waals surface area contributed by atoms with E-state index < -0.39 is 0 Å². The molecule has 1 heterocycles. The molecule has 0 amide bonds. The fourth-order valence-electron chi connectivity index (χ4n) is 2.72. The van der Waals surface area contributed by atoms with Gasteiger partial charge in [-0.25, -0.2) is 0 Å². The van der Waals surface area contributed by atoms with Crippen LogP contribution in [0.4, 0.5) is 0 Å². The predicted molar refractivity (Wildman–Crippen MR) is 94.8 cm³/mol. The van der Waals surface area contributed by atoms with Gasteiger partial charge in [0.2, 0.25) is 0 Å². The van der Waals surface area contributed by atoms with E-state index in [4.69, 9.17) is 23.2 Å². The van der Waals surface area contributed by atoms with E-state index in [1.165, 1.54) is 0 Å². The van der Waals surface area contributed by atoms with E-state index in [1.54, 1.807) is 19.1 Å². The van der Waals surface area contributed by atoms with E-state index in [0.717, 1.165) is 16.9 Å². The Bertz CT molecular complexity index is 934. The van der Waals surface area contributed by atoms with Crippen molar-refractivity contribution < 1.29 is 0 Å². The molecule has 3 rings (SSSR count). The fourth-order valence-corrected chi connectivity index (χ4v) is 3.21. The van der Waals surface area contributed by atoms with Gasteiger partial charge >= 0.3 is 0 Å². The molecule has 1 aromatic heterocycles. The summed E-state index contributed by atoms with van der Waals surface area (Å²) in [6.07, 6.45) is 0. The molecule has 0 saturated carbocycles. The lowest BCUT2D eigenvalue weighted by atomic mass is 10.1. The van der Waals surface area contributed by atoms with Gasteiger partial charge in [-0.3, -0.25) is 4.79 Å². The van der Waals surface area contributed by atoms with Crippen LogP contribution in [0.25, 0.3) is 16.8 Å². The summed E-state index contributed by atoms with van der Waals surface area (Å²) in [5.74, 6) is 0.580. The van der Waals surface area contributed by atoms with E-state index in [2.05, 4.69) is 4.98 Å². The highest BCUT2D eigenvalue weighted by Crippen LogP contribution is 2.28. The zero-order valence-electron chi connectivity index (χ0n) is 12.7. The molecule has 5 heteroatoms. The van der Waals surface area contributed by atoms with Crippen molar-refractivity contribution in [2.45, 2.75) is 13.8 Å². The van der Waals surface area contributed by atoms with Crippen LogP contribution in [0.1, 0.15) is 11.5 Å². The summed E-state index contributed by atoms with van der Waals surface area (Å²) in [5.41, 5.74) is 2.70. The molecule has 0 N–H and O–H groups in total. The zero-order valence-corrected chi connectivity index (χ0v) is 14.2. The Balaban J connectivity index is 2.33. The van der Waals surface area contributed by atoms with Crippen LogP contribution in [0, 0.1) is 13.8 Å². The second-order valence-electron chi connectivity index (χ2n) is 5.22. The minimum Gasteiger partial charge on any atom is -0.300 e. The Morgan fingerprint density at radius 2 is 1.70 bits per heavy atom. The normalized spacial score (nSPS) is 10.8. The van der Waals surface area contributed by atoms with Crippen LogP contribution in [0.3, 0.4) is 0 Å². The molecule has 0 aliphatic carbocycles. The molecule has 0 radical (unpaired) electrons. The van der Waals surface area contributed by atoms with E-state index in [1.807, 2.05) is 47.9 Å². The lowest BCUT2D eigenvalue weighted by Crippen LogP contribution is -2.20. The average molecular weight is 345 g/mol. The van der Waals surface area contributed by atoms with Crippen molar-refractivity contribution in [2.75, 3.05) is 0 Å². The average Bonchev–Trinajstić information content (AvgIpc) is 2.50. The molecule has 3 aromatic rings. The molecule has 0 spiro atoms. The smallest absolute Gasteiger partial charge is 0.281 e. The van der Waals surface area contributed by atoms with E-state index in [-0.39, 0.29) is 5.56 Å². The first-order valence-corrected chi connectivity index (χ1v) is 7.85. The van der Waals surface area contributed by atoms with E-state index in [0.29, 0.717) is 21.4 Å². The number of halogens is 2. The summed E-state index contributed by atoms with van der Waals surface area (Å²) in [7, 11) is 0. The van der Waals surface area contributed by atoms with Gasteiger partial charge in [0.05, 0.1) is 16.3 Å². The third-order valence-corrected chi connectivity index (χ3v) is 4.25. The number of hydrogen-bond donors (Lipinski definition) is 0. The Labute approximate surface area is 144 Å². The first-order valence-electron chi connectivity index (χ1n) is 7.10. The number of aromatic nitrogens is 2. The molecule has 2 aromatic carbocycles. The van der Waals surface area contributed by atoms with Gasteiger partial charge in [0, 0.05) is 10.7 Å². The van der Waals surface area contributed by atoms with Gasteiger partial charge in [-0.2, -0.15) is 4.98 Å². The topological polar surface area (TPSA) is 34.9 Å². The summed E-state index contributed by atoms with van der Waals surface area (Å²) in [5, 5.41) is 1.07. The monoisotopic (exact) mass is 344 g/mol. The second-order valence-corrected chi connectivity index (χ2v) is 6.07. The van der Waals surface area contributed by atoms with Crippen molar-refractivity contribution in [1.82, 2.24) is 9.55 Å². The summed E-state index contributed by atoms with van der Waals surface area (Å²) in [4.78, 5) is 16.6. The van der Waals surface area contributed by atoms with Gasteiger partial charge < -0.3 is 4.57 Å². The highest BCUT2D eigenvalue weighted by atomic mass is 35.5. The zero-order chi connectivity index (χ0) is 16.6. The van der Waals surface area contributed by atoms with Crippen LogP contribution in [0.2, 0.25) is 10.0 Å². The van der Waals surface area contributed by atoms with Crippen molar-refractivity contribution in [3.63, 3.8) is 0 Å². The van der Waals surface area contributed by atoms with Crippen molar-refractivity contribution in [3.05, 3.63) is 80.4 Å². The van der Waals surface area contributed by atoms with Crippen LogP contribution in [-0.4, -0.2) is 9.55 Å². The van der Waals surface area contributed by atoms with Crippen molar-refractivity contribution in [3.8, 4) is 16.8 Å². The number of aryl methyl sites for hydroxylation is 1. The van der Waals surface area contributed by atoms with Crippen LogP contribution >= 0.6 is 23.2 Å². The third kappa shape index (κ3) is 2.90. The minimum absolute atomic E-state index is 0.243. The molecule has 0 saturated heterocycles. The molecule has 0 bridgehead atoms. The van der Waals surface area contributed by atoms with Gasteiger partial charge in [0.15, 0.2) is 0 Å². The molecule has 23 heavy (non-hydrogen) atoms. The van der Waals surface area contributed by atoms with Crippen molar-refractivity contribution in [1.29, 1.82) is 0 Å². The Hall–Kier alpha value is -2.10. The van der Waals surface area contributed by atoms with Gasteiger partial charge in [-0.05, 0) is 37.6 Å². The first kappa shape index (κ1) is 15.8. The molecule has 0 aliphatic heterocycles. The third-order valence-electron chi connectivity index (χ3n) is 3.71. The summed E-state index contributed by atoms with van der Waals surface area (Å²) in [6, 6.07) is 14.8. The number of rotatable bonds is 2. The van der Waals surface area contributed by atoms with Crippen LogP contribution in [-0.2, 0) is 0 Å². The highest BCUT2D eigenvalue weighted by molar-refractivity contribution is 6.35. The van der Waals surface area contributed by atoms with E-state index in [9.17, 15) is 4.79 Å². The largest absolute Gasteiger partial charge is 0.300 e. The number of benzene rings is 2. The van der Waals surface area contributed by atoms with Crippen molar-refractivity contribution >= 4 is 23.2 Å². The van der Waals surface area contributed by atoms with Crippen molar-refractivity contribution in [2.24, 2.45) is 0 Å². The summed E-state index contributed by atoms with van der Waals surface area (Å²) >= 11 is 12.3. The molecule has 3 nitrogen and oxygen atoms in total. The Morgan fingerprint density at radius 1 is 1.00 bits per heavy atom. The van der Waals surface area contributed by atoms with Crippen LogP contribution < -0.4 is 5.56 Å². The summed E-state index contributed by atoms with van der Waals surface area (Å²) < 4.78 is 1.88. The lowest BCUT2D eigenvalue weighted by molar-refractivity contribution is 0.856. The second kappa shape index (κ2) is 6.19. The van der Waals surface area contributed by atoms with E-state index >= 15 is 0 Å². The first-order chi connectivity index (χ1) is 11.0. The quantitative estimate of drug-likeness (QED) is 0.667. The lowest BCUT2D eigenvalue weighted by Gasteiger charge is -2.18. The molecule has 0 atom stereocenters. The van der Waals surface area contributed by atoms with Gasteiger partial charge in [0.1, 0.15) is 5.82 Å². The molecule has 116 valence electrons. The molecular formula is C18H14Cl2N2O. The van der Waals surface area contributed by atoms with Gasteiger partial charge in [-0.15, -0.1) is 0 Å². The maximum Gasteiger partial charge on any atom is 0.281 e. The van der Waals surface area contributed by atoms with Crippen LogP contribution in [0.15, 0.2) is 53.3 Å². The predicted octanol–water partition coefficient (Wildman–Crippen LogP) is 4.82. The Kier molecular flexibility index (Phi) is 4.24. The fraction of sp³-hybridized carbons (Fsp3) is 0.111. The maximum atomic E-state index is 12.4. The molecule has 0 aliphatic rings. The van der Waals surface area contributed by atoms with Gasteiger partial charge in [-0.1, -0.05) is 53.5 Å². The standard InChI is InChI=1S/C18H14Cl2N2O/c1-11-17(13-6-4-3-5-7-13)18(23)21-12(2)22(11)16-9-8-14(19)10-15(16)20/h3-10H,1-2H3. The molecule has 0 unspecified atom stereocenters. The summed E-state index contributed by atoms with van der Waals surface area (Å²) in [6.45, 7) is 3.68. The number of hydrogen-bond acceptors (Lipinski definition) is 2. The maximum absolute atomic E-state index is 12.4.